The van der Waals surface area contributed by atoms with E-state index >= 15 is 0 Å². The molecule has 0 N–H and O–H groups in total. The van der Waals surface area contributed by atoms with Crippen LogP contribution in [0.5, 0.6) is 11.5 Å². The molecule has 9 nitrogen and oxygen atoms in total. The van der Waals surface area contributed by atoms with Crippen LogP contribution in [0.1, 0.15) is 27.9 Å². The van der Waals surface area contributed by atoms with Gasteiger partial charge < -0.3 is 19.3 Å². The summed E-state index contributed by atoms with van der Waals surface area (Å²) >= 11 is 0. The lowest BCUT2D eigenvalue weighted by Crippen LogP contribution is -2.44. The number of hydrogen-bond acceptors (Lipinski definition) is 7. The van der Waals surface area contributed by atoms with Crippen molar-refractivity contribution in [1.82, 2.24) is 4.90 Å². The number of carbonyl (C=O) groups is 2. The van der Waals surface area contributed by atoms with E-state index in [1.807, 2.05) is 37.3 Å². The number of carbonyl (C=O) groups excluding carboxylic acids is 2. The van der Waals surface area contributed by atoms with Crippen molar-refractivity contribution in [2.45, 2.75) is 36.9 Å². The topological polar surface area (TPSA) is 102 Å². The quantitative estimate of drug-likeness (QED) is 0.426. The number of amides is 2. The molecule has 0 spiro atoms. The lowest BCUT2D eigenvalue weighted by molar-refractivity contribution is -0.122. The molecule has 2 aliphatic rings. The van der Waals surface area contributed by atoms with E-state index in [1.165, 1.54) is 31.3 Å². The predicted molar refractivity (Wildman–Crippen MR) is 140 cm³/mol. The second-order valence-electron chi connectivity index (χ2n) is 9.33. The summed E-state index contributed by atoms with van der Waals surface area (Å²) in [6, 6.07) is 18.0. The third kappa shape index (κ3) is 4.72. The second-order valence-corrected chi connectivity index (χ2v) is 10.9. The average Bonchev–Trinajstić information content (AvgIpc) is 3.31. The summed E-state index contributed by atoms with van der Waals surface area (Å²) in [6.45, 7) is 2.02. The lowest BCUT2D eigenvalue weighted by Gasteiger charge is -2.26. The molecule has 3 aromatic rings. The Morgan fingerprint density at radius 2 is 1.58 bits per heavy atom. The molecule has 0 aromatic heterocycles. The largest absolute Gasteiger partial charge is 0.493 e. The molecule has 0 saturated carbocycles. The lowest BCUT2D eigenvalue weighted by atomic mass is 10.1. The van der Waals surface area contributed by atoms with Crippen molar-refractivity contribution in [3.05, 3.63) is 83.4 Å². The van der Waals surface area contributed by atoms with Gasteiger partial charge in [0.2, 0.25) is 5.91 Å². The van der Waals surface area contributed by atoms with Crippen molar-refractivity contribution in [3.8, 4) is 11.5 Å². The van der Waals surface area contributed by atoms with Crippen molar-refractivity contribution in [1.29, 1.82) is 0 Å². The van der Waals surface area contributed by atoms with Gasteiger partial charge >= 0.3 is 0 Å². The molecule has 1 fully saturated rings. The monoisotopic (exact) mass is 536 g/mol. The standard InChI is InChI=1S/C28H28N2O7S/c1-18-9-11-21(12-10-18)38(33,34)37-20-13-24-28(32)29(16-19-7-5-4-6-8-19)23-15-26(36-3)25(35-2)14-22(23)27(31)30(24)17-20/h4-12,14-15,20,24H,13,16-17H2,1-3H3/t20-,24+/m1/s1. The van der Waals surface area contributed by atoms with Gasteiger partial charge in [0.25, 0.3) is 16.0 Å². The molecule has 2 aliphatic heterocycles. The van der Waals surface area contributed by atoms with Gasteiger partial charge in [0.1, 0.15) is 6.04 Å². The predicted octanol–water partition coefficient (Wildman–Crippen LogP) is 3.55. The van der Waals surface area contributed by atoms with Crippen molar-refractivity contribution < 1.29 is 31.7 Å². The normalized spacial score (nSPS) is 19.1. The summed E-state index contributed by atoms with van der Waals surface area (Å²) in [6.07, 6.45) is -0.831. The third-order valence-electron chi connectivity index (χ3n) is 6.85. The van der Waals surface area contributed by atoms with E-state index in [-0.39, 0.29) is 35.9 Å². The first-order valence-electron chi connectivity index (χ1n) is 12.1. The summed E-state index contributed by atoms with van der Waals surface area (Å²) in [7, 11) is -1.13. The highest BCUT2D eigenvalue weighted by molar-refractivity contribution is 7.86. The first kappa shape index (κ1) is 25.7. The van der Waals surface area contributed by atoms with Gasteiger partial charge in [-0.3, -0.25) is 13.8 Å². The Morgan fingerprint density at radius 3 is 2.24 bits per heavy atom. The van der Waals surface area contributed by atoms with Crippen LogP contribution in [-0.4, -0.2) is 58.0 Å². The molecule has 0 unspecified atom stereocenters. The van der Waals surface area contributed by atoms with Gasteiger partial charge in [-0.15, -0.1) is 0 Å². The number of benzene rings is 3. The molecule has 2 atom stereocenters. The van der Waals surface area contributed by atoms with Gasteiger partial charge in [-0.2, -0.15) is 8.42 Å². The summed E-state index contributed by atoms with van der Waals surface area (Å²) in [4.78, 5) is 30.7. The smallest absolute Gasteiger partial charge is 0.297 e. The molecule has 0 bridgehead atoms. The van der Waals surface area contributed by atoms with Gasteiger partial charge in [0.15, 0.2) is 11.5 Å². The summed E-state index contributed by atoms with van der Waals surface area (Å²) in [5, 5.41) is 0. The van der Waals surface area contributed by atoms with Crippen molar-refractivity contribution in [2.75, 3.05) is 25.7 Å². The van der Waals surface area contributed by atoms with Gasteiger partial charge in [0, 0.05) is 19.0 Å². The molecule has 0 aliphatic carbocycles. The van der Waals surface area contributed by atoms with Crippen molar-refractivity contribution in [2.24, 2.45) is 0 Å². The first-order valence-corrected chi connectivity index (χ1v) is 13.5. The van der Waals surface area contributed by atoms with E-state index in [4.69, 9.17) is 13.7 Å². The number of rotatable bonds is 7. The Bertz CT molecular complexity index is 1470. The molecule has 2 amide bonds. The molecule has 0 radical (unpaired) electrons. The molecular weight excluding hydrogens is 508 g/mol. The fourth-order valence-electron chi connectivity index (χ4n) is 4.91. The molecule has 1 saturated heterocycles. The van der Waals surface area contributed by atoms with Crippen LogP contribution in [-0.2, 0) is 25.6 Å². The number of aryl methyl sites for hydroxylation is 1. The van der Waals surface area contributed by atoms with Crippen LogP contribution in [0, 0.1) is 6.92 Å². The second kappa shape index (κ2) is 10.1. The third-order valence-corrected chi connectivity index (χ3v) is 8.23. The Morgan fingerprint density at radius 1 is 0.921 bits per heavy atom. The van der Waals surface area contributed by atoms with Crippen LogP contribution < -0.4 is 14.4 Å². The number of methoxy groups -OCH3 is 2. The summed E-state index contributed by atoms with van der Waals surface area (Å²) < 4.78 is 42.3. The maximum Gasteiger partial charge on any atom is 0.297 e. The van der Waals surface area contributed by atoms with Crippen LogP contribution in [0.2, 0.25) is 0 Å². The van der Waals surface area contributed by atoms with E-state index in [1.54, 1.807) is 29.2 Å². The molecule has 3 aromatic carbocycles. The van der Waals surface area contributed by atoms with E-state index < -0.39 is 28.2 Å². The highest BCUT2D eigenvalue weighted by Gasteiger charge is 2.47. The van der Waals surface area contributed by atoms with Crippen LogP contribution in [0.25, 0.3) is 0 Å². The van der Waals surface area contributed by atoms with Crippen molar-refractivity contribution >= 4 is 27.6 Å². The minimum Gasteiger partial charge on any atom is -0.493 e. The zero-order valence-electron chi connectivity index (χ0n) is 21.3. The fourth-order valence-corrected chi connectivity index (χ4v) is 5.99. The van der Waals surface area contributed by atoms with Crippen LogP contribution in [0.4, 0.5) is 5.69 Å². The van der Waals surface area contributed by atoms with Crippen LogP contribution in [0.3, 0.4) is 0 Å². The first-order chi connectivity index (χ1) is 18.2. The Labute approximate surface area is 221 Å². The molecule has 198 valence electrons. The molecule has 2 heterocycles. The van der Waals surface area contributed by atoms with Crippen LogP contribution in [0.15, 0.2) is 71.6 Å². The molecule has 38 heavy (non-hydrogen) atoms. The highest BCUT2D eigenvalue weighted by Crippen LogP contribution is 2.41. The summed E-state index contributed by atoms with van der Waals surface area (Å²) in [5.41, 5.74) is 2.45. The molecule has 10 heteroatoms. The number of anilines is 1. The number of ether oxygens (including phenoxy) is 2. The van der Waals surface area contributed by atoms with E-state index in [0.717, 1.165) is 11.1 Å². The number of nitrogens with zero attached hydrogens (tertiary/aromatic N) is 2. The summed E-state index contributed by atoms with van der Waals surface area (Å²) in [5.74, 6) is -0.00261. The van der Waals surface area contributed by atoms with Crippen LogP contribution >= 0.6 is 0 Å². The van der Waals surface area contributed by atoms with Gasteiger partial charge in [-0.25, -0.2) is 0 Å². The molecule has 5 rings (SSSR count). The Kier molecular flexibility index (Phi) is 6.85. The van der Waals surface area contributed by atoms with Crippen molar-refractivity contribution in [3.63, 3.8) is 0 Å². The average molecular weight is 537 g/mol. The maximum absolute atomic E-state index is 14.0. The number of fused-ring (bicyclic) bond motifs is 2. The van der Waals surface area contributed by atoms with E-state index in [9.17, 15) is 18.0 Å². The minimum atomic E-state index is -4.09. The Hall–Kier alpha value is -3.89. The van der Waals surface area contributed by atoms with E-state index in [2.05, 4.69) is 0 Å². The Balaban J connectivity index is 1.52. The molecular formula is C28H28N2O7S. The fraction of sp³-hybridized carbons (Fsp3) is 0.286. The maximum atomic E-state index is 14.0. The number of hydrogen-bond donors (Lipinski definition) is 0. The highest BCUT2D eigenvalue weighted by atomic mass is 32.2. The zero-order chi connectivity index (χ0) is 27.0. The van der Waals surface area contributed by atoms with E-state index in [0.29, 0.717) is 17.2 Å². The van der Waals surface area contributed by atoms with Gasteiger partial charge in [0.05, 0.1) is 43.0 Å². The van der Waals surface area contributed by atoms with Gasteiger partial charge in [-0.1, -0.05) is 48.0 Å². The zero-order valence-corrected chi connectivity index (χ0v) is 22.1. The van der Waals surface area contributed by atoms with Gasteiger partial charge in [-0.05, 0) is 30.7 Å². The minimum absolute atomic E-state index is 0.0238. The SMILES string of the molecule is COc1cc2c(cc1OC)N(Cc1ccccc1)C(=O)[C@@H]1C[C@@H](OS(=O)(=O)c3ccc(C)cc3)CN1C2=O.